The van der Waals surface area contributed by atoms with Gasteiger partial charge in [0.25, 0.3) is 5.91 Å². The van der Waals surface area contributed by atoms with Gasteiger partial charge in [-0.2, -0.15) is 0 Å². The highest BCUT2D eigenvalue weighted by Gasteiger charge is 2.22. The second-order valence-corrected chi connectivity index (χ2v) is 7.51. The first-order valence-electron chi connectivity index (χ1n) is 8.70. The summed E-state index contributed by atoms with van der Waals surface area (Å²) in [7, 11) is 3.01. The van der Waals surface area contributed by atoms with Crippen LogP contribution in [0, 0.1) is 0 Å². The quantitative estimate of drug-likeness (QED) is 0.496. The number of carbonyl (C=O) groups excluding carboxylic acids is 1. The Bertz CT molecular complexity index is 1040. The van der Waals surface area contributed by atoms with Crippen molar-refractivity contribution in [3.05, 3.63) is 86.8 Å². The third kappa shape index (κ3) is 4.72. The van der Waals surface area contributed by atoms with Gasteiger partial charge in [0.2, 0.25) is 0 Å². The number of amides is 1. The van der Waals surface area contributed by atoms with Crippen LogP contribution in [0.1, 0.15) is 27.6 Å². The van der Waals surface area contributed by atoms with Gasteiger partial charge in [0, 0.05) is 32.3 Å². The molecule has 0 spiro atoms. The number of aliphatic hydroxyl groups is 1. The molecule has 0 bridgehead atoms. The van der Waals surface area contributed by atoms with Gasteiger partial charge in [-0.05, 0) is 30.3 Å². The smallest absolute Gasteiger partial charge is 0.255 e. The SMILES string of the molecule is COc1cc(NC(=O)c2cccc(Br)c2)c([C@H](O)c2ccccc2Cl)cc1OC. The Hall–Kier alpha value is -2.54. The minimum absolute atomic E-state index is 0.328. The van der Waals surface area contributed by atoms with E-state index >= 15 is 0 Å². The second kappa shape index (κ2) is 9.31. The number of carbonyl (C=O) groups is 1. The molecular weight excluding hydrogens is 458 g/mol. The average molecular weight is 477 g/mol. The molecule has 5 nitrogen and oxygen atoms in total. The number of ether oxygens (including phenoxy) is 2. The summed E-state index contributed by atoms with van der Waals surface area (Å²) < 4.78 is 11.5. The largest absolute Gasteiger partial charge is 0.493 e. The number of halogens is 2. The number of nitrogens with one attached hydrogen (secondary N) is 1. The van der Waals surface area contributed by atoms with Crippen LogP contribution in [0.25, 0.3) is 0 Å². The van der Waals surface area contributed by atoms with Gasteiger partial charge < -0.3 is 19.9 Å². The number of hydrogen-bond acceptors (Lipinski definition) is 4. The van der Waals surface area contributed by atoms with E-state index in [4.69, 9.17) is 21.1 Å². The second-order valence-electron chi connectivity index (χ2n) is 6.18. The van der Waals surface area contributed by atoms with Crippen LogP contribution >= 0.6 is 27.5 Å². The molecule has 0 aromatic heterocycles. The van der Waals surface area contributed by atoms with Crippen molar-refractivity contribution in [2.24, 2.45) is 0 Å². The minimum Gasteiger partial charge on any atom is -0.493 e. The maximum atomic E-state index is 12.8. The molecule has 7 heteroatoms. The van der Waals surface area contributed by atoms with Crippen molar-refractivity contribution in [3.8, 4) is 11.5 Å². The number of benzene rings is 3. The van der Waals surface area contributed by atoms with E-state index in [1.807, 2.05) is 6.07 Å². The Morgan fingerprint density at radius 2 is 1.69 bits per heavy atom. The highest BCUT2D eigenvalue weighted by Crippen LogP contribution is 2.39. The maximum Gasteiger partial charge on any atom is 0.255 e. The van der Waals surface area contributed by atoms with Gasteiger partial charge in [-0.1, -0.05) is 51.8 Å². The normalized spacial score (nSPS) is 11.6. The fraction of sp³-hybridized carbons (Fsp3) is 0.136. The molecule has 3 rings (SSSR count). The third-order valence-corrected chi connectivity index (χ3v) is 5.22. The van der Waals surface area contributed by atoms with E-state index in [9.17, 15) is 9.90 Å². The summed E-state index contributed by atoms with van der Waals surface area (Å²) in [5, 5.41) is 14.3. The van der Waals surface area contributed by atoms with Crippen LogP contribution in [-0.2, 0) is 0 Å². The predicted molar refractivity (Wildman–Crippen MR) is 117 cm³/mol. The molecule has 0 unspecified atom stereocenters. The lowest BCUT2D eigenvalue weighted by atomic mass is 9.98. The van der Waals surface area contributed by atoms with Crippen molar-refractivity contribution in [1.29, 1.82) is 0 Å². The highest BCUT2D eigenvalue weighted by molar-refractivity contribution is 9.10. The zero-order valence-electron chi connectivity index (χ0n) is 15.8. The molecule has 0 radical (unpaired) electrons. The molecule has 0 saturated heterocycles. The summed E-state index contributed by atoms with van der Waals surface area (Å²) in [6.45, 7) is 0. The maximum absolute atomic E-state index is 12.8. The van der Waals surface area contributed by atoms with E-state index < -0.39 is 6.10 Å². The molecule has 0 aliphatic carbocycles. The Balaban J connectivity index is 2.07. The molecule has 0 aliphatic rings. The van der Waals surface area contributed by atoms with Crippen molar-refractivity contribution in [1.82, 2.24) is 0 Å². The van der Waals surface area contributed by atoms with Gasteiger partial charge >= 0.3 is 0 Å². The van der Waals surface area contributed by atoms with Gasteiger partial charge in [0.1, 0.15) is 6.10 Å². The van der Waals surface area contributed by atoms with Crippen LogP contribution in [0.3, 0.4) is 0 Å². The summed E-state index contributed by atoms with van der Waals surface area (Å²) >= 11 is 9.63. The van der Waals surface area contributed by atoms with E-state index in [1.165, 1.54) is 14.2 Å². The zero-order valence-corrected chi connectivity index (χ0v) is 18.1. The number of aliphatic hydroxyl groups excluding tert-OH is 1. The Morgan fingerprint density at radius 1 is 1.00 bits per heavy atom. The van der Waals surface area contributed by atoms with Crippen LogP contribution in [0.15, 0.2) is 65.1 Å². The molecule has 3 aromatic carbocycles. The Kier molecular flexibility index (Phi) is 6.79. The van der Waals surface area contributed by atoms with E-state index in [1.54, 1.807) is 54.6 Å². The van der Waals surface area contributed by atoms with Gasteiger partial charge in [-0.25, -0.2) is 0 Å². The first kappa shape index (κ1) is 21.2. The summed E-state index contributed by atoms with van der Waals surface area (Å²) in [5.74, 6) is 0.521. The van der Waals surface area contributed by atoms with Gasteiger partial charge in [0.05, 0.1) is 19.9 Å². The highest BCUT2D eigenvalue weighted by atomic mass is 79.9. The zero-order chi connectivity index (χ0) is 21.0. The van der Waals surface area contributed by atoms with Gasteiger partial charge in [-0.3, -0.25) is 4.79 Å². The summed E-state index contributed by atoms with van der Waals surface area (Å²) in [6, 6.07) is 17.2. The molecular formula is C22H19BrClNO4. The molecule has 2 N–H and O–H groups in total. The van der Waals surface area contributed by atoms with Crippen LogP contribution in [0.5, 0.6) is 11.5 Å². The first-order chi connectivity index (χ1) is 13.9. The lowest BCUT2D eigenvalue weighted by Gasteiger charge is -2.20. The van der Waals surface area contributed by atoms with Crippen molar-refractivity contribution >= 4 is 39.1 Å². The van der Waals surface area contributed by atoms with Crippen molar-refractivity contribution in [2.45, 2.75) is 6.10 Å². The van der Waals surface area contributed by atoms with Crippen LogP contribution in [-0.4, -0.2) is 25.2 Å². The topological polar surface area (TPSA) is 67.8 Å². The summed E-state index contributed by atoms with van der Waals surface area (Å²) in [6.07, 6.45) is -1.08. The number of methoxy groups -OCH3 is 2. The Morgan fingerprint density at radius 3 is 2.34 bits per heavy atom. The molecule has 3 aromatic rings. The van der Waals surface area contributed by atoms with Gasteiger partial charge in [-0.15, -0.1) is 0 Å². The monoisotopic (exact) mass is 475 g/mol. The number of hydrogen-bond donors (Lipinski definition) is 2. The molecule has 0 heterocycles. The average Bonchev–Trinajstić information content (AvgIpc) is 2.73. The molecule has 150 valence electrons. The molecule has 0 saturated carbocycles. The molecule has 1 atom stereocenters. The lowest BCUT2D eigenvalue weighted by molar-refractivity contribution is 0.102. The number of rotatable bonds is 6. The van der Waals surface area contributed by atoms with E-state index in [0.717, 1.165) is 4.47 Å². The standard InChI is InChI=1S/C22H19BrClNO4/c1-28-19-11-16(21(26)15-8-3-4-9-17(15)24)18(12-20(19)29-2)25-22(27)13-6-5-7-14(23)10-13/h3-12,21,26H,1-2H3,(H,25,27)/t21-/m1/s1. The summed E-state index contributed by atoms with van der Waals surface area (Å²) in [5.41, 5.74) is 1.80. The van der Waals surface area contributed by atoms with Crippen LogP contribution < -0.4 is 14.8 Å². The first-order valence-corrected chi connectivity index (χ1v) is 9.87. The molecule has 1 amide bonds. The van der Waals surface area contributed by atoms with Crippen molar-refractivity contribution in [2.75, 3.05) is 19.5 Å². The fourth-order valence-corrected chi connectivity index (χ4v) is 3.56. The Labute approximate surface area is 182 Å². The van der Waals surface area contributed by atoms with Crippen LogP contribution in [0.2, 0.25) is 5.02 Å². The van der Waals surface area contributed by atoms with Crippen molar-refractivity contribution < 1.29 is 19.4 Å². The third-order valence-electron chi connectivity index (χ3n) is 4.39. The summed E-state index contributed by atoms with van der Waals surface area (Å²) in [4.78, 5) is 12.8. The molecule has 0 fully saturated rings. The molecule has 29 heavy (non-hydrogen) atoms. The predicted octanol–water partition coefficient (Wildman–Crippen LogP) is 5.45. The van der Waals surface area contributed by atoms with E-state index in [-0.39, 0.29) is 5.91 Å². The number of anilines is 1. The minimum atomic E-state index is -1.08. The van der Waals surface area contributed by atoms with E-state index in [2.05, 4.69) is 21.2 Å². The van der Waals surface area contributed by atoms with Crippen LogP contribution in [0.4, 0.5) is 5.69 Å². The van der Waals surface area contributed by atoms with Gasteiger partial charge in [0.15, 0.2) is 11.5 Å². The lowest BCUT2D eigenvalue weighted by Crippen LogP contribution is -2.15. The molecule has 0 aliphatic heterocycles. The van der Waals surface area contributed by atoms with Crippen molar-refractivity contribution in [3.63, 3.8) is 0 Å². The van der Waals surface area contributed by atoms with E-state index in [0.29, 0.717) is 38.9 Å². The fourth-order valence-electron chi connectivity index (χ4n) is 2.92.